The standard InChI is InChI=1S/C20H17N3O5/c1-2-27-19-11-14(12-21-15-4-7-17(24)8-5-15)3-9-18(19)28-20-10-6-16(13-22-20)23(25)26/h3-13,24H,2H2,1H3. The predicted octanol–water partition coefficient (Wildman–Crippen LogP) is 4.64. The van der Waals surface area contributed by atoms with Gasteiger partial charge >= 0.3 is 0 Å². The van der Waals surface area contributed by atoms with Crippen molar-refractivity contribution in [3.8, 4) is 23.1 Å². The maximum absolute atomic E-state index is 10.7. The topological polar surface area (TPSA) is 107 Å². The van der Waals surface area contributed by atoms with Gasteiger partial charge in [-0.05, 0) is 55.0 Å². The number of phenols is 1. The highest BCUT2D eigenvalue weighted by molar-refractivity contribution is 5.83. The Labute approximate surface area is 160 Å². The second kappa shape index (κ2) is 8.63. The highest BCUT2D eigenvalue weighted by Gasteiger charge is 2.10. The number of pyridine rings is 1. The van der Waals surface area contributed by atoms with Gasteiger partial charge in [-0.15, -0.1) is 0 Å². The quantitative estimate of drug-likeness (QED) is 0.364. The molecule has 1 N–H and O–H groups in total. The molecule has 1 aromatic heterocycles. The Hall–Kier alpha value is -3.94. The first-order chi connectivity index (χ1) is 13.5. The van der Waals surface area contributed by atoms with E-state index in [1.807, 2.05) is 6.92 Å². The van der Waals surface area contributed by atoms with Crippen LogP contribution >= 0.6 is 0 Å². The maximum Gasteiger partial charge on any atom is 0.287 e. The van der Waals surface area contributed by atoms with E-state index in [9.17, 15) is 15.2 Å². The van der Waals surface area contributed by atoms with Gasteiger partial charge in [-0.25, -0.2) is 4.98 Å². The number of ether oxygens (including phenoxy) is 2. The van der Waals surface area contributed by atoms with E-state index in [0.29, 0.717) is 23.8 Å². The second-order valence-electron chi connectivity index (χ2n) is 5.63. The summed E-state index contributed by atoms with van der Waals surface area (Å²) in [5.74, 6) is 1.33. The lowest BCUT2D eigenvalue weighted by Gasteiger charge is -2.11. The van der Waals surface area contributed by atoms with E-state index in [2.05, 4.69) is 9.98 Å². The normalized spacial score (nSPS) is 10.8. The molecule has 0 saturated heterocycles. The van der Waals surface area contributed by atoms with Crippen LogP contribution in [0, 0.1) is 10.1 Å². The molecule has 0 aliphatic carbocycles. The zero-order valence-corrected chi connectivity index (χ0v) is 15.0. The van der Waals surface area contributed by atoms with Gasteiger partial charge in [-0.2, -0.15) is 0 Å². The number of nitro groups is 1. The fraction of sp³-hybridized carbons (Fsp3) is 0.100. The van der Waals surface area contributed by atoms with E-state index in [1.54, 1.807) is 48.7 Å². The molecule has 8 heteroatoms. The maximum atomic E-state index is 10.7. The number of hydrogen-bond acceptors (Lipinski definition) is 7. The van der Waals surface area contributed by atoms with E-state index in [-0.39, 0.29) is 17.3 Å². The van der Waals surface area contributed by atoms with Crippen molar-refractivity contribution in [2.75, 3.05) is 6.61 Å². The van der Waals surface area contributed by atoms with Crippen LogP contribution in [-0.2, 0) is 0 Å². The summed E-state index contributed by atoms with van der Waals surface area (Å²) in [5, 5.41) is 20.0. The van der Waals surface area contributed by atoms with Gasteiger partial charge in [0.25, 0.3) is 5.69 Å². The summed E-state index contributed by atoms with van der Waals surface area (Å²) in [7, 11) is 0. The minimum absolute atomic E-state index is 0.113. The van der Waals surface area contributed by atoms with Crippen molar-refractivity contribution in [3.63, 3.8) is 0 Å². The molecule has 0 atom stereocenters. The van der Waals surface area contributed by atoms with Crippen LogP contribution in [0.3, 0.4) is 0 Å². The molecule has 3 aromatic rings. The molecule has 0 amide bonds. The molecule has 142 valence electrons. The first-order valence-electron chi connectivity index (χ1n) is 8.43. The molecule has 0 unspecified atom stereocenters. The molecule has 0 fully saturated rings. The van der Waals surface area contributed by atoms with Crippen LogP contribution in [-0.4, -0.2) is 27.8 Å². The summed E-state index contributed by atoms with van der Waals surface area (Å²) in [5.41, 5.74) is 1.38. The minimum atomic E-state index is -0.523. The Morgan fingerprint density at radius 3 is 2.57 bits per heavy atom. The lowest BCUT2D eigenvalue weighted by molar-refractivity contribution is -0.385. The Kier molecular flexibility index (Phi) is 5.81. The second-order valence-corrected chi connectivity index (χ2v) is 5.63. The SMILES string of the molecule is CCOc1cc(C=Nc2ccc(O)cc2)ccc1Oc1ccc([N+](=O)[O-])cn1. The van der Waals surface area contributed by atoms with E-state index >= 15 is 0 Å². The van der Waals surface area contributed by atoms with E-state index in [4.69, 9.17) is 9.47 Å². The van der Waals surface area contributed by atoms with E-state index < -0.39 is 4.92 Å². The zero-order valence-electron chi connectivity index (χ0n) is 15.0. The molecular formula is C20H17N3O5. The van der Waals surface area contributed by atoms with Gasteiger partial charge in [-0.3, -0.25) is 15.1 Å². The van der Waals surface area contributed by atoms with Gasteiger partial charge < -0.3 is 14.6 Å². The van der Waals surface area contributed by atoms with Gasteiger partial charge in [0, 0.05) is 18.3 Å². The first kappa shape index (κ1) is 18.8. The first-order valence-corrected chi connectivity index (χ1v) is 8.43. The van der Waals surface area contributed by atoms with E-state index in [0.717, 1.165) is 11.8 Å². The van der Waals surface area contributed by atoms with Crippen LogP contribution in [0.2, 0.25) is 0 Å². The van der Waals surface area contributed by atoms with Gasteiger partial charge in [0.05, 0.1) is 17.2 Å². The molecule has 2 aromatic carbocycles. The monoisotopic (exact) mass is 379 g/mol. The molecule has 0 radical (unpaired) electrons. The Balaban J connectivity index is 1.80. The Morgan fingerprint density at radius 1 is 1.14 bits per heavy atom. The summed E-state index contributed by atoms with van der Waals surface area (Å²) >= 11 is 0. The summed E-state index contributed by atoms with van der Waals surface area (Å²) in [6, 6.07) is 14.6. The van der Waals surface area contributed by atoms with Gasteiger partial charge in [0.2, 0.25) is 5.88 Å². The molecule has 0 bridgehead atoms. The van der Waals surface area contributed by atoms with Crippen LogP contribution in [0.4, 0.5) is 11.4 Å². The fourth-order valence-corrected chi connectivity index (χ4v) is 2.30. The molecular weight excluding hydrogens is 362 g/mol. The molecule has 28 heavy (non-hydrogen) atoms. The molecule has 0 aliphatic heterocycles. The van der Waals surface area contributed by atoms with Crippen molar-refractivity contribution in [2.24, 2.45) is 4.99 Å². The minimum Gasteiger partial charge on any atom is -0.508 e. The van der Waals surface area contributed by atoms with Crippen molar-refractivity contribution < 1.29 is 19.5 Å². The number of aromatic nitrogens is 1. The molecule has 0 saturated carbocycles. The van der Waals surface area contributed by atoms with Crippen molar-refractivity contribution in [2.45, 2.75) is 6.92 Å². The Morgan fingerprint density at radius 2 is 1.93 bits per heavy atom. The third-order valence-corrected chi connectivity index (χ3v) is 3.63. The number of phenolic OH excluding ortho intramolecular Hbond substituents is 1. The third kappa shape index (κ3) is 4.82. The summed E-state index contributed by atoms with van der Waals surface area (Å²) in [4.78, 5) is 18.5. The van der Waals surface area contributed by atoms with Crippen molar-refractivity contribution in [1.29, 1.82) is 0 Å². The van der Waals surface area contributed by atoms with Gasteiger partial charge in [0.15, 0.2) is 11.5 Å². The molecule has 1 heterocycles. The Bertz CT molecular complexity index is 986. The van der Waals surface area contributed by atoms with Crippen LogP contribution in [0.1, 0.15) is 12.5 Å². The summed E-state index contributed by atoms with van der Waals surface area (Å²) in [6.07, 6.45) is 2.80. The molecule has 3 rings (SSSR count). The number of benzene rings is 2. The van der Waals surface area contributed by atoms with Crippen molar-refractivity contribution in [1.82, 2.24) is 4.98 Å². The van der Waals surface area contributed by atoms with Crippen LogP contribution in [0.15, 0.2) is 65.8 Å². The smallest absolute Gasteiger partial charge is 0.287 e. The number of aliphatic imine (C=N–C) groups is 1. The number of rotatable bonds is 7. The fourth-order valence-electron chi connectivity index (χ4n) is 2.30. The lowest BCUT2D eigenvalue weighted by atomic mass is 10.2. The third-order valence-electron chi connectivity index (χ3n) is 3.63. The summed E-state index contributed by atoms with van der Waals surface area (Å²) in [6.45, 7) is 2.29. The van der Waals surface area contributed by atoms with Crippen LogP contribution in [0.5, 0.6) is 23.1 Å². The predicted molar refractivity (Wildman–Crippen MR) is 104 cm³/mol. The van der Waals surface area contributed by atoms with E-state index in [1.165, 1.54) is 12.1 Å². The highest BCUT2D eigenvalue weighted by atomic mass is 16.6. The summed E-state index contributed by atoms with van der Waals surface area (Å²) < 4.78 is 11.3. The number of hydrogen-bond donors (Lipinski definition) is 1. The average Bonchev–Trinajstić information content (AvgIpc) is 2.70. The van der Waals surface area contributed by atoms with Crippen LogP contribution in [0.25, 0.3) is 0 Å². The van der Waals surface area contributed by atoms with Gasteiger partial charge in [0.1, 0.15) is 11.9 Å². The van der Waals surface area contributed by atoms with Crippen LogP contribution < -0.4 is 9.47 Å². The van der Waals surface area contributed by atoms with Gasteiger partial charge in [-0.1, -0.05) is 0 Å². The largest absolute Gasteiger partial charge is 0.508 e. The molecule has 8 nitrogen and oxygen atoms in total. The van der Waals surface area contributed by atoms with Crippen molar-refractivity contribution in [3.05, 3.63) is 76.5 Å². The van der Waals surface area contributed by atoms with Crippen molar-refractivity contribution >= 4 is 17.6 Å². The lowest BCUT2D eigenvalue weighted by Crippen LogP contribution is -1.97. The highest BCUT2D eigenvalue weighted by Crippen LogP contribution is 2.32. The number of nitrogens with zero attached hydrogens (tertiary/aromatic N) is 3. The molecule has 0 spiro atoms. The number of aromatic hydroxyl groups is 1. The zero-order chi connectivity index (χ0) is 19.9. The average molecular weight is 379 g/mol. The molecule has 0 aliphatic rings.